The summed E-state index contributed by atoms with van der Waals surface area (Å²) in [5.41, 5.74) is 2.43. The number of aryl methyl sites for hydroxylation is 2. The van der Waals surface area contributed by atoms with Crippen molar-refractivity contribution in [2.75, 3.05) is 0 Å². The number of carboxylic acid groups (broad SMARTS) is 1. The highest BCUT2D eigenvalue weighted by atomic mass is 32.1. The zero-order chi connectivity index (χ0) is 12.4. The van der Waals surface area contributed by atoms with Crippen molar-refractivity contribution in [1.82, 2.24) is 9.78 Å². The molecule has 17 heavy (non-hydrogen) atoms. The lowest BCUT2D eigenvalue weighted by molar-refractivity contribution is 0.0697. The summed E-state index contributed by atoms with van der Waals surface area (Å²) in [4.78, 5) is 11.8. The second kappa shape index (κ2) is 4.71. The van der Waals surface area contributed by atoms with E-state index in [1.165, 1.54) is 11.3 Å². The van der Waals surface area contributed by atoms with Gasteiger partial charge in [-0.1, -0.05) is 13.3 Å². The van der Waals surface area contributed by atoms with E-state index in [2.05, 4.69) is 12.0 Å². The maximum Gasteiger partial charge on any atom is 0.336 e. The summed E-state index contributed by atoms with van der Waals surface area (Å²) in [5, 5.41) is 15.0. The summed E-state index contributed by atoms with van der Waals surface area (Å²) in [6.07, 6.45) is 3.89. The lowest BCUT2D eigenvalue weighted by Gasteiger charge is -1.96. The number of rotatable bonds is 4. The molecule has 2 heterocycles. The van der Waals surface area contributed by atoms with Crippen molar-refractivity contribution >= 4 is 17.3 Å². The van der Waals surface area contributed by atoms with Gasteiger partial charge in [0.25, 0.3) is 0 Å². The molecule has 1 N–H and O–H groups in total. The lowest BCUT2D eigenvalue weighted by Crippen LogP contribution is -1.92. The molecular formula is C12H14N2O2S. The molecule has 0 saturated heterocycles. The normalized spacial score (nSPS) is 10.7. The van der Waals surface area contributed by atoms with Gasteiger partial charge in [-0.2, -0.15) is 5.10 Å². The molecule has 2 rings (SSSR count). The zero-order valence-corrected chi connectivity index (χ0v) is 10.6. The summed E-state index contributed by atoms with van der Waals surface area (Å²) < 4.78 is 1.78. The number of carbonyl (C=O) groups is 1. The predicted molar refractivity (Wildman–Crippen MR) is 67.5 cm³/mol. The molecule has 2 aromatic heterocycles. The monoisotopic (exact) mass is 250 g/mol. The number of hydrogen-bond acceptors (Lipinski definition) is 3. The van der Waals surface area contributed by atoms with E-state index in [1.807, 2.05) is 13.2 Å². The van der Waals surface area contributed by atoms with Crippen LogP contribution in [0.1, 0.15) is 29.4 Å². The molecule has 5 heteroatoms. The first-order chi connectivity index (χ1) is 8.11. The number of carboxylic acids is 1. The highest BCUT2D eigenvalue weighted by Gasteiger charge is 2.13. The van der Waals surface area contributed by atoms with Gasteiger partial charge in [0.2, 0.25) is 0 Å². The third-order valence-corrected chi connectivity index (χ3v) is 3.47. The SMILES string of the molecule is CCCc1nn(C)cc1-c1cc(C(=O)O)cs1. The van der Waals surface area contributed by atoms with Gasteiger partial charge in [-0.05, 0) is 12.5 Å². The van der Waals surface area contributed by atoms with Crippen LogP contribution in [0.5, 0.6) is 0 Å². The van der Waals surface area contributed by atoms with Crippen LogP contribution in [-0.4, -0.2) is 20.9 Å². The van der Waals surface area contributed by atoms with Crippen LogP contribution >= 0.6 is 11.3 Å². The molecule has 0 bridgehead atoms. The van der Waals surface area contributed by atoms with E-state index in [9.17, 15) is 4.79 Å². The van der Waals surface area contributed by atoms with Crippen molar-refractivity contribution in [1.29, 1.82) is 0 Å². The van der Waals surface area contributed by atoms with Gasteiger partial charge in [-0.3, -0.25) is 4.68 Å². The largest absolute Gasteiger partial charge is 0.478 e. The maximum absolute atomic E-state index is 10.8. The molecule has 0 spiro atoms. The van der Waals surface area contributed by atoms with E-state index in [0.29, 0.717) is 5.56 Å². The van der Waals surface area contributed by atoms with E-state index >= 15 is 0 Å². The average molecular weight is 250 g/mol. The van der Waals surface area contributed by atoms with E-state index in [-0.39, 0.29) is 0 Å². The first kappa shape index (κ1) is 11.9. The number of nitrogens with zero attached hydrogens (tertiary/aromatic N) is 2. The van der Waals surface area contributed by atoms with Crippen molar-refractivity contribution in [2.45, 2.75) is 19.8 Å². The van der Waals surface area contributed by atoms with Gasteiger partial charge in [0, 0.05) is 29.1 Å². The number of hydrogen-bond donors (Lipinski definition) is 1. The maximum atomic E-state index is 10.8. The van der Waals surface area contributed by atoms with Gasteiger partial charge in [0.15, 0.2) is 0 Å². The molecule has 0 unspecified atom stereocenters. The molecule has 90 valence electrons. The van der Waals surface area contributed by atoms with E-state index in [1.54, 1.807) is 16.1 Å². The molecule has 0 radical (unpaired) electrons. The second-order valence-electron chi connectivity index (χ2n) is 3.92. The number of thiophene rings is 1. The van der Waals surface area contributed by atoms with Gasteiger partial charge < -0.3 is 5.11 Å². The minimum absolute atomic E-state index is 0.344. The number of aromatic carboxylic acids is 1. The quantitative estimate of drug-likeness (QED) is 0.907. The Kier molecular flexibility index (Phi) is 3.28. The van der Waals surface area contributed by atoms with Gasteiger partial charge >= 0.3 is 5.97 Å². The van der Waals surface area contributed by atoms with Crippen molar-refractivity contribution in [2.24, 2.45) is 7.05 Å². The molecular weight excluding hydrogens is 236 g/mol. The minimum Gasteiger partial charge on any atom is -0.478 e. The molecule has 0 aliphatic carbocycles. The van der Waals surface area contributed by atoms with Gasteiger partial charge in [-0.25, -0.2) is 4.79 Å². The third-order valence-electron chi connectivity index (χ3n) is 2.50. The topological polar surface area (TPSA) is 55.1 Å². The summed E-state index contributed by atoms with van der Waals surface area (Å²) in [5.74, 6) is -0.881. The van der Waals surface area contributed by atoms with E-state index in [4.69, 9.17) is 5.11 Å². The Morgan fingerprint density at radius 3 is 2.94 bits per heavy atom. The summed E-state index contributed by atoms with van der Waals surface area (Å²) in [6.45, 7) is 2.11. The van der Waals surface area contributed by atoms with Gasteiger partial charge in [0.1, 0.15) is 0 Å². The van der Waals surface area contributed by atoms with Crippen molar-refractivity contribution < 1.29 is 9.90 Å². The average Bonchev–Trinajstić information content (AvgIpc) is 2.85. The first-order valence-corrected chi connectivity index (χ1v) is 6.34. The van der Waals surface area contributed by atoms with Crippen LogP contribution in [0.2, 0.25) is 0 Å². The summed E-state index contributed by atoms with van der Waals surface area (Å²) in [7, 11) is 1.88. The number of aromatic nitrogens is 2. The molecule has 0 atom stereocenters. The fourth-order valence-electron chi connectivity index (χ4n) is 1.75. The standard InChI is InChI=1S/C12H14N2O2S/c1-3-4-10-9(6-14(2)13-10)11-5-8(7-17-11)12(15)16/h5-7H,3-4H2,1-2H3,(H,15,16). The minimum atomic E-state index is -0.881. The highest BCUT2D eigenvalue weighted by molar-refractivity contribution is 7.13. The second-order valence-corrected chi connectivity index (χ2v) is 4.83. The van der Waals surface area contributed by atoms with Gasteiger partial charge in [0.05, 0.1) is 11.3 Å². The summed E-state index contributed by atoms with van der Waals surface area (Å²) in [6, 6.07) is 1.71. The Bertz CT molecular complexity index is 542. The van der Waals surface area contributed by atoms with Crippen LogP contribution in [0.3, 0.4) is 0 Å². The molecule has 0 saturated carbocycles. The Morgan fingerprint density at radius 1 is 1.59 bits per heavy atom. The summed E-state index contributed by atoms with van der Waals surface area (Å²) >= 11 is 1.45. The van der Waals surface area contributed by atoms with Gasteiger partial charge in [-0.15, -0.1) is 11.3 Å². The molecule has 0 aromatic carbocycles. The van der Waals surface area contributed by atoms with Crippen LogP contribution in [0.15, 0.2) is 17.6 Å². The lowest BCUT2D eigenvalue weighted by atomic mass is 10.1. The predicted octanol–water partition coefficient (Wildman–Crippen LogP) is 2.80. The third kappa shape index (κ3) is 2.39. The first-order valence-electron chi connectivity index (χ1n) is 5.46. The molecule has 4 nitrogen and oxygen atoms in total. The van der Waals surface area contributed by atoms with Crippen LogP contribution in [0.25, 0.3) is 10.4 Å². The van der Waals surface area contributed by atoms with Crippen molar-refractivity contribution in [3.63, 3.8) is 0 Å². The smallest absolute Gasteiger partial charge is 0.336 e. The molecule has 2 aromatic rings. The van der Waals surface area contributed by atoms with E-state index in [0.717, 1.165) is 29.0 Å². The molecule has 0 aliphatic heterocycles. The van der Waals surface area contributed by atoms with E-state index < -0.39 is 5.97 Å². The zero-order valence-electron chi connectivity index (χ0n) is 9.80. The van der Waals surface area contributed by atoms with Crippen LogP contribution in [0, 0.1) is 0 Å². The van der Waals surface area contributed by atoms with Crippen molar-refractivity contribution in [3.05, 3.63) is 28.9 Å². The molecule has 0 aliphatic rings. The molecule has 0 fully saturated rings. The highest BCUT2D eigenvalue weighted by Crippen LogP contribution is 2.30. The van der Waals surface area contributed by atoms with Crippen molar-refractivity contribution in [3.8, 4) is 10.4 Å². The molecule has 0 amide bonds. The van der Waals surface area contributed by atoms with Crippen LogP contribution in [-0.2, 0) is 13.5 Å². The fourth-order valence-corrected chi connectivity index (χ4v) is 2.67. The fraction of sp³-hybridized carbons (Fsp3) is 0.333. The Labute approximate surface area is 104 Å². The Balaban J connectivity index is 2.40. The van der Waals surface area contributed by atoms with Crippen LogP contribution in [0.4, 0.5) is 0 Å². The Morgan fingerprint density at radius 2 is 2.35 bits per heavy atom. The van der Waals surface area contributed by atoms with Crippen LogP contribution < -0.4 is 0 Å². The Hall–Kier alpha value is -1.62.